The van der Waals surface area contributed by atoms with Crippen LogP contribution in [0.2, 0.25) is 0 Å². The number of aromatic nitrogens is 2. The van der Waals surface area contributed by atoms with Crippen LogP contribution < -0.4 is 0 Å². The van der Waals surface area contributed by atoms with E-state index in [1.165, 1.54) is 6.08 Å². The molecule has 0 unspecified atom stereocenters. The Morgan fingerprint density at radius 3 is 3.21 bits per heavy atom. The summed E-state index contributed by atoms with van der Waals surface area (Å²) < 4.78 is 0. The van der Waals surface area contributed by atoms with Gasteiger partial charge in [-0.15, -0.1) is 0 Å². The lowest BCUT2D eigenvalue weighted by atomic mass is 10.5. The highest BCUT2D eigenvalue weighted by atomic mass is 16.6. The molecule has 0 saturated heterocycles. The van der Waals surface area contributed by atoms with Crippen molar-refractivity contribution in [3.63, 3.8) is 0 Å². The van der Waals surface area contributed by atoms with E-state index in [0.717, 1.165) is 6.20 Å². The molecule has 8 heteroatoms. The normalized spacial score (nSPS) is 10.0. The molecule has 1 aromatic rings. The van der Waals surface area contributed by atoms with Crippen molar-refractivity contribution in [1.29, 1.82) is 0 Å². The van der Waals surface area contributed by atoms with E-state index in [1.54, 1.807) is 6.08 Å². The zero-order valence-electron chi connectivity index (χ0n) is 6.99. The van der Waals surface area contributed by atoms with E-state index in [0.29, 0.717) is 5.82 Å². The zero-order valence-corrected chi connectivity index (χ0v) is 6.99. The first-order valence-corrected chi connectivity index (χ1v) is 3.61. The summed E-state index contributed by atoms with van der Waals surface area (Å²) in [5.74, 6) is 0.179. The third-order valence-electron chi connectivity index (χ3n) is 1.30. The van der Waals surface area contributed by atoms with Gasteiger partial charge in [0.15, 0.2) is 0 Å². The molecule has 0 aromatic carbocycles. The third-order valence-corrected chi connectivity index (χ3v) is 1.30. The molecule has 14 heavy (non-hydrogen) atoms. The number of H-pyrrole nitrogens is 1. The Bertz CT molecular complexity index is 402. The second-order valence-electron chi connectivity index (χ2n) is 2.23. The lowest BCUT2D eigenvalue weighted by Gasteiger charge is -1.84. The van der Waals surface area contributed by atoms with Crippen LogP contribution in [0.5, 0.6) is 0 Å². The van der Waals surface area contributed by atoms with Crippen LogP contribution in [0.3, 0.4) is 0 Å². The summed E-state index contributed by atoms with van der Waals surface area (Å²) in [6.45, 7) is 0.186. The van der Waals surface area contributed by atoms with E-state index in [-0.39, 0.29) is 12.4 Å². The van der Waals surface area contributed by atoms with Gasteiger partial charge >= 0.3 is 5.82 Å². The Kier molecular flexibility index (Phi) is 3.22. The molecule has 0 atom stereocenters. The number of nitro groups is 1. The molecular weight excluding hydrogens is 188 g/mol. The van der Waals surface area contributed by atoms with Gasteiger partial charge in [-0.25, -0.2) is 9.97 Å². The number of hydrogen-bond donors (Lipinski definition) is 1. The standard InChI is InChI=1S/C6H6N6O2/c7-11-9-3-1-2-5-8-4-6(10-5)12(13)14/h1-2,4H,3H2,(H,8,10). The van der Waals surface area contributed by atoms with Gasteiger partial charge in [-0.3, -0.25) is 0 Å². The Morgan fingerprint density at radius 1 is 1.86 bits per heavy atom. The Labute approximate surface area is 78.1 Å². The molecule has 1 rings (SSSR count). The smallest absolute Gasteiger partial charge is 0.340 e. The summed E-state index contributed by atoms with van der Waals surface area (Å²) in [5, 5.41) is 13.5. The average molecular weight is 194 g/mol. The summed E-state index contributed by atoms with van der Waals surface area (Å²) in [4.78, 5) is 18.4. The van der Waals surface area contributed by atoms with Crippen LogP contribution in [0.15, 0.2) is 17.4 Å². The molecule has 0 aliphatic carbocycles. The topological polar surface area (TPSA) is 121 Å². The minimum absolute atomic E-state index is 0.173. The van der Waals surface area contributed by atoms with Crippen molar-refractivity contribution in [2.75, 3.05) is 6.54 Å². The van der Waals surface area contributed by atoms with Gasteiger partial charge in [0.25, 0.3) is 0 Å². The van der Waals surface area contributed by atoms with E-state index >= 15 is 0 Å². The van der Waals surface area contributed by atoms with Crippen molar-refractivity contribution < 1.29 is 4.92 Å². The molecule has 0 aliphatic rings. The van der Waals surface area contributed by atoms with Gasteiger partial charge in [-0.1, -0.05) is 11.2 Å². The molecule has 0 bridgehead atoms. The van der Waals surface area contributed by atoms with Crippen LogP contribution in [-0.2, 0) is 0 Å². The lowest BCUT2D eigenvalue weighted by molar-refractivity contribution is -0.389. The molecule has 0 aliphatic heterocycles. The molecular formula is C6H6N6O2. The van der Waals surface area contributed by atoms with Gasteiger partial charge in [0, 0.05) is 17.5 Å². The van der Waals surface area contributed by atoms with Crippen LogP contribution in [0.1, 0.15) is 5.82 Å². The van der Waals surface area contributed by atoms with Gasteiger partial charge in [0.2, 0.25) is 5.82 Å². The van der Waals surface area contributed by atoms with Crippen molar-refractivity contribution >= 4 is 11.9 Å². The number of aromatic amines is 1. The number of imidazole rings is 1. The van der Waals surface area contributed by atoms with E-state index < -0.39 is 4.92 Å². The third kappa shape index (κ3) is 2.61. The maximum atomic E-state index is 10.2. The van der Waals surface area contributed by atoms with Crippen LogP contribution in [0.4, 0.5) is 5.82 Å². The number of nitrogens with one attached hydrogen (secondary N) is 1. The van der Waals surface area contributed by atoms with Gasteiger partial charge in [0.1, 0.15) is 6.20 Å². The molecule has 1 heterocycles. The van der Waals surface area contributed by atoms with Crippen molar-refractivity contribution in [1.82, 2.24) is 9.97 Å². The molecule has 1 aromatic heterocycles. The van der Waals surface area contributed by atoms with E-state index in [4.69, 9.17) is 5.53 Å². The average Bonchev–Trinajstić information content (AvgIpc) is 2.61. The van der Waals surface area contributed by atoms with E-state index in [1.807, 2.05) is 0 Å². The van der Waals surface area contributed by atoms with Crippen molar-refractivity contribution in [2.45, 2.75) is 0 Å². The molecule has 0 radical (unpaired) electrons. The summed E-state index contributed by atoms with van der Waals surface area (Å²) in [5.41, 5.74) is 7.95. The molecule has 0 fully saturated rings. The fraction of sp³-hybridized carbons (Fsp3) is 0.167. The summed E-state index contributed by atoms with van der Waals surface area (Å²) in [6, 6.07) is 0. The molecule has 0 saturated carbocycles. The van der Waals surface area contributed by atoms with Crippen molar-refractivity contribution in [3.05, 3.63) is 38.7 Å². The summed E-state index contributed by atoms with van der Waals surface area (Å²) in [6.07, 6.45) is 4.16. The summed E-state index contributed by atoms with van der Waals surface area (Å²) in [7, 11) is 0. The maximum Gasteiger partial charge on any atom is 0.340 e. The Morgan fingerprint density at radius 2 is 2.64 bits per heavy atom. The highest BCUT2D eigenvalue weighted by molar-refractivity contribution is 5.42. The predicted molar refractivity (Wildman–Crippen MR) is 48.3 cm³/mol. The predicted octanol–water partition coefficient (Wildman–Crippen LogP) is 1.64. The van der Waals surface area contributed by atoms with Crippen molar-refractivity contribution in [3.8, 4) is 0 Å². The minimum Gasteiger partial charge on any atom is -0.358 e. The first-order chi connectivity index (χ1) is 6.74. The fourth-order valence-electron chi connectivity index (χ4n) is 0.752. The number of hydrogen-bond acceptors (Lipinski definition) is 4. The van der Waals surface area contributed by atoms with Gasteiger partial charge in [-0.2, -0.15) is 0 Å². The van der Waals surface area contributed by atoms with Crippen LogP contribution in [0, 0.1) is 10.1 Å². The largest absolute Gasteiger partial charge is 0.358 e. The second kappa shape index (κ2) is 4.63. The Hall–Kier alpha value is -2.34. The first-order valence-electron chi connectivity index (χ1n) is 3.61. The van der Waals surface area contributed by atoms with Gasteiger partial charge in [0.05, 0.1) is 0 Å². The van der Waals surface area contributed by atoms with Gasteiger partial charge < -0.3 is 10.1 Å². The fourth-order valence-corrected chi connectivity index (χ4v) is 0.752. The van der Waals surface area contributed by atoms with Crippen LogP contribution in [0.25, 0.3) is 16.5 Å². The molecule has 1 N–H and O–H groups in total. The first kappa shape index (κ1) is 9.75. The molecule has 8 nitrogen and oxygen atoms in total. The number of nitrogens with zero attached hydrogens (tertiary/aromatic N) is 5. The monoisotopic (exact) mass is 194 g/mol. The number of azide groups is 1. The van der Waals surface area contributed by atoms with E-state index in [2.05, 4.69) is 20.0 Å². The quantitative estimate of drug-likeness (QED) is 0.257. The highest BCUT2D eigenvalue weighted by Crippen LogP contribution is 2.06. The molecule has 0 spiro atoms. The van der Waals surface area contributed by atoms with E-state index in [9.17, 15) is 10.1 Å². The molecule has 72 valence electrons. The minimum atomic E-state index is -0.572. The SMILES string of the molecule is [N-]=[N+]=NCC=Cc1ncc([N+](=O)[O-])[nH]1. The van der Waals surface area contributed by atoms with Crippen molar-refractivity contribution in [2.24, 2.45) is 5.11 Å². The van der Waals surface area contributed by atoms with Crippen LogP contribution in [-0.4, -0.2) is 21.4 Å². The highest BCUT2D eigenvalue weighted by Gasteiger charge is 2.06. The maximum absolute atomic E-state index is 10.2. The summed E-state index contributed by atoms with van der Waals surface area (Å²) >= 11 is 0. The Balaban J connectivity index is 2.63. The second-order valence-corrected chi connectivity index (χ2v) is 2.23. The van der Waals surface area contributed by atoms with Crippen LogP contribution >= 0.6 is 0 Å². The lowest BCUT2D eigenvalue weighted by Crippen LogP contribution is -1.86. The molecule has 0 amide bonds. The van der Waals surface area contributed by atoms with Gasteiger partial charge in [-0.05, 0) is 10.5 Å². The zero-order chi connectivity index (χ0) is 10.4. The number of rotatable bonds is 4.